The van der Waals surface area contributed by atoms with Gasteiger partial charge in [-0.3, -0.25) is 4.79 Å². The van der Waals surface area contributed by atoms with E-state index in [-0.39, 0.29) is 17.9 Å². The molecule has 0 aromatic carbocycles. The molecule has 1 aliphatic rings. The average Bonchev–Trinajstić information content (AvgIpc) is 2.96. The summed E-state index contributed by atoms with van der Waals surface area (Å²) in [6.45, 7) is 14.1. The van der Waals surface area contributed by atoms with Gasteiger partial charge in [-0.1, -0.05) is 13.8 Å². The van der Waals surface area contributed by atoms with Crippen molar-refractivity contribution in [3.63, 3.8) is 0 Å². The van der Waals surface area contributed by atoms with Crippen LogP contribution in [0.2, 0.25) is 0 Å². The van der Waals surface area contributed by atoms with E-state index in [9.17, 15) is 4.79 Å². The van der Waals surface area contributed by atoms with E-state index in [4.69, 9.17) is 4.98 Å². The Labute approximate surface area is 149 Å². The predicted octanol–water partition coefficient (Wildman–Crippen LogP) is 2.96. The van der Waals surface area contributed by atoms with Gasteiger partial charge in [0.25, 0.3) is 5.91 Å². The lowest BCUT2D eigenvalue weighted by molar-refractivity contribution is 0.0675. The Hall–Kier alpha value is -1.95. The van der Waals surface area contributed by atoms with Crippen LogP contribution in [0.5, 0.6) is 0 Å². The van der Waals surface area contributed by atoms with Crippen molar-refractivity contribution < 1.29 is 4.79 Å². The zero-order chi connectivity index (χ0) is 18.3. The molecule has 0 unspecified atom stereocenters. The number of aromatic nitrogens is 3. The van der Waals surface area contributed by atoms with Crippen molar-refractivity contribution in [1.29, 1.82) is 0 Å². The fourth-order valence-electron chi connectivity index (χ4n) is 3.55. The highest BCUT2D eigenvalue weighted by atomic mass is 16.2. The highest BCUT2D eigenvalue weighted by Crippen LogP contribution is 2.26. The first-order valence-corrected chi connectivity index (χ1v) is 9.21. The highest BCUT2D eigenvalue weighted by Gasteiger charge is 2.28. The third-order valence-corrected chi connectivity index (χ3v) is 4.74. The van der Waals surface area contributed by atoms with Crippen LogP contribution in [0.15, 0.2) is 12.3 Å². The summed E-state index contributed by atoms with van der Waals surface area (Å²) in [5.41, 5.74) is 2.47. The fourth-order valence-corrected chi connectivity index (χ4v) is 3.55. The number of rotatable bonds is 3. The van der Waals surface area contributed by atoms with Crippen molar-refractivity contribution in [2.24, 2.45) is 0 Å². The van der Waals surface area contributed by atoms with Gasteiger partial charge in [0.1, 0.15) is 0 Å². The molecule has 1 aliphatic heterocycles. The quantitative estimate of drug-likeness (QED) is 0.931. The number of fused-ring (bicyclic) bond motifs is 1. The third-order valence-electron chi connectivity index (χ3n) is 4.74. The summed E-state index contributed by atoms with van der Waals surface area (Å²) in [4.78, 5) is 20.0. The monoisotopic (exact) mass is 343 g/mol. The van der Waals surface area contributed by atoms with Gasteiger partial charge in [0.05, 0.1) is 17.1 Å². The summed E-state index contributed by atoms with van der Waals surface area (Å²) >= 11 is 0. The van der Waals surface area contributed by atoms with Gasteiger partial charge in [0.15, 0.2) is 5.65 Å². The Morgan fingerprint density at radius 2 is 1.84 bits per heavy atom. The minimum absolute atomic E-state index is 0.0813. The number of hydrogen-bond donors (Lipinski definition) is 1. The maximum absolute atomic E-state index is 13.3. The second-order valence-corrected chi connectivity index (χ2v) is 7.85. The van der Waals surface area contributed by atoms with Gasteiger partial charge < -0.3 is 10.2 Å². The predicted molar refractivity (Wildman–Crippen MR) is 100.0 cm³/mol. The molecule has 2 aromatic heterocycles. The van der Waals surface area contributed by atoms with Crippen LogP contribution in [0.25, 0.3) is 11.0 Å². The summed E-state index contributed by atoms with van der Waals surface area (Å²) in [6, 6.07) is 2.76. The topological polar surface area (TPSA) is 63.1 Å². The summed E-state index contributed by atoms with van der Waals surface area (Å²) in [5.74, 6) is 0.338. The molecule has 1 amide bonds. The minimum atomic E-state index is 0.0813. The lowest BCUT2D eigenvalue weighted by Crippen LogP contribution is -2.55. The number of amides is 1. The van der Waals surface area contributed by atoms with E-state index >= 15 is 0 Å². The van der Waals surface area contributed by atoms with Crippen molar-refractivity contribution in [1.82, 2.24) is 25.0 Å². The molecule has 1 fully saturated rings. The number of carbonyl (C=O) groups is 1. The van der Waals surface area contributed by atoms with E-state index in [1.165, 1.54) is 0 Å². The van der Waals surface area contributed by atoms with Gasteiger partial charge in [-0.15, -0.1) is 0 Å². The molecule has 2 aromatic rings. The van der Waals surface area contributed by atoms with Crippen LogP contribution in [0.4, 0.5) is 0 Å². The van der Waals surface area contributed by atoms with Crippen LogP contribution in [0.1, 0.15) is 69.6 Å². The molecular formula is C19H29N5O. The Bertz CT molecular complexity index is 769. The van der Waals surface area contributed by atoms with Gasteiger partial charge in [-0.25, -0.2) is 9.67 Å². The molecule has 6 heteroatoms. The molecule has 6 nitrogen and oxygen atoms in total. The third kappa shape index (κ3) is 3.40. The number of carbonyl (C=O) groups excluding carboxylic acids is 1. The number of nitrogens with zero attached hydrogens (tertiary/aromatic N) is 4. The van der Waals surface area contributed by atoms with Crippen LogP contribution in [-0.4, -0.2) is 50.7 Å². The number of hydrogen-bond acceptors (Lipinski definition) is 4. The molecule has 1 N–H and O–H groups in total. The largest absolute Gasteiger partial charge is 0.336 e. The highest BCUT2D eigenvalue weighted by molar-refractivity contribution is 6.05. The maximum atomic E-state index is 13.3. The molecule has 3 heterocycles. The van der Waals surface area contributed by atoms with Crippen LogP contribution in [0.3, 0.4) is 0 Å². The van der Waals surface area contributed by atoms with Gasteiger partial charge in [-0.2, -0.15) is 5.10 Å². The fraction of sp³-hybridized carbons (Fsp3) is 0.632. The number of nitrogens with one attached hydrogen (secondary N) is 1. The van der Waals surface area contributed by atoms with E-state index in [0.29, 0.717) is 12.1 Å². The van der Waals surface area contributed by atoms with Crippen molar-refractivity contribution in [3.8, 4) is 0 Å². The van der Waals surface area contributed by atoms with Crippen molar-refractivity contribution >= 4 is 16.9 Å². The first-order valence-electron chi connectivity index (χ1n) is 9.21. The van der Waals surface area contributed by atoms with E-state index in [1.54, 1.807) is 6.20 Å². The van der Waals surface area contributed by atoms with Crippen LogP contribution < -0.4 is 5.32 Å². The van der Waals surface area contributed by atoms with Crippen LogP contribution >= 0.6 is 0 Å². The lowest BCUT2D eigenvalue weighted by atomic mass is 10.0. The van der Waals surface area contributed by atoms with Gasteiger partial charge >= 0.3 is 0 Å². The Morgan fingerprint density at radius 3 is 2.40 bits per heavy atom. The van der Waals surface area contributed by atoms with Crippen LogP contribution in [0, 0.1) is 0 Å². The summed E-state index contributed by atoms with van der Waals surface area (Å²) in [7, 11) is 0. The van der Waals surface area contributed by atoms with Crippen molar-refractivity contribution in [2.75, 3.05) is 13.1 Å². The number of pyridine rings is 1. The maximum Gasteiger partial charge on any atom is 0.254 e. The zero-order valence-corrected chi connectivity index (χ0v) is 16.1. The molecular weight excluding hydrogens is 314 g/mol. The van der Waals surface area contributed by atoms with Crippen molar-refractivity contribution in [2.45, 2.75) is 65.6 Å². The second kappa shape index (κ2) is 6.75. The van der Waals surface area contributed by atoms with E-state index < -0.39 is 0 Å². The first kappa shape index (κ1) is 17.9. The smallest absolute Gasteiger partial charge is 0.254 e. The van der Waals surface area contributed by atoms with Crippen molar-refractivity contribution in [3.05, 3.63) is 23.5 Å². The summed E-state index contributed by atoms with van der Waals surface area (Å²) in [5, 5.41) is 8.81. The molecule has 0 aliphatic carbocycles. The second-order valence-electron chi connectivity index (χ2n) is 7.85. The Morgan fingerprint density at radius 1 is 1.20 bits per heavy atom. The van der Waals surface area contributed by atoms with Gasteiger partial charge in [0.2, 0.25) is 0 Å². The number of piperazine rings is 1. The molecule has 0 bridgehead atoms. The molecule has 0 spiro atoms. The average molecular weight is 343 g/mol. The molecule has 3 rings (SSSR count). The van der Waals surface area contributed by atoms with E-state index in [2.05, 4.69) is 52.0 Å². The molecule has 25 heavy (non-hydrogen) atoms. The molecule has 0 saturated carbocycles. The first-order chi connectivity index (χ1) is 11.8. The molecule has 136 valence electrons. The summed E-state index contributed by atoms with van der Waals surface area (Å²) in [6.07, 6.45) is 1.79. The molecule has 2 atom stereocenters. The van der Waals surface area contributed by atoms with E-state index in [0.717, 1.165) is 35.4 Å². The van der Waals surface area contributed by atoms with Gasteiger partial charge in [-0.05, 0) is 39.7 Å². The minimum Gasteiger partial charge on any atom is -0.336 e. The Balaban J connectivity index is 2.09. The standard InChI is InChI=1S/C19H29N5O/c1-11(2)17-7-15(16-8-20-24(12(3)4)18(16)22-17)19(25)23-9-13(5)21-14(6)10-23/h7-8,11-14,21H,9-10H2,1-6H3/t13-,14-/m0/s1. The molecule has 1 saturated heterocycles. The van der Waals surface area contributed by atoms with E-state index in [1.807, 2.05) is 15.6 Å². The Kier molecular flexibility index (Phi) is 4.82. The van der Waals surface area contributed by atoms with Crippen LogP contribution in [-0.2, 0) is 0 Å². The van der Waals surface area contributed by atoms with Gasteiger partial charge in [0, 0.05) is 36.9 Å². The summed E-state index contributed by atoms with van der Waals surface area (Å²) < 4.78 is 1.90. The normalized spacial score (nSPS) is 21.5. The lowest BCUT2D eigenvalue weighted by Gasteiger charge is -2.36. The zero-order valence-electron chi connectivity index (χ0n) is 16.1. The SMILES string of the molecule is CC(C)c1cc(C(=O)N2C[C@H](C)N[C@@H](C)C2)c2cnn(C(C)C)c2n1. The molecule has 0 radical (unpaired) electrons.